The van der Waals surface area contributed by atoms with Crippen LogP contribution in [0.25, 0.3) is 0 Å². The summed E-state index contributed by atoms with van der Waals surface area (Å²) in [6, 6.07) is 15.0. The van der Waals surface area contributed by atoms with Crippen molar-refractivity contribution in [2.24, 2.45) is 0 Å². The van der Waals surface area contributed by atoms with E-state index in [1.807, 2.05) is 56.3 Å². The van der Waals surface area contributed by atoms with Gasteiger partial charge in [0.15, 0.2) is 0 Å². The number of nitrogens with one attached hydrogen (secondary N) is 1. The molecule has 0 fully saturated rings. The molecule has 5 heteroatoms. The van der Waals surface area contributed by atoms with Gasteiger partial charge in [-0.25, -0.2) is 0 Å². The minimum atomic E-state index is -0.184. The Hall–Kier alpha value is -1.89. The number of anilines is 1. The molecule has 2 rings (SSSR count). The standard InChI is InChI=1S/C19H21IN2O2/c1-3-11-22(19(24)15-8-6-9-16(20)12-15)13-18(23)21-17-10-5-4-7-14(17)2/h4-10,12H,3,11,13H2,1-2H3,(H,21,23). The Bertz CT molecular complexity index is 731. The fourth-order valence-corrected chi connectivity index (χ4v) is 2.95. The molecule has 0 heterocycles. The third kappa shape index (κ3) is 5.06. The van der Waals surface area contributed by atoms with Crippen LogP contribution in [0.1, 0.15) is 29.3 Å². The predicted molar refractivity (Wildman–Crippen MR) is 105 cm³/mol. The molecule has 0 aliphatic heterocycles. The van der Waals surface area contributed by atoms with Gasteiger partial charge in [-0.2, -0.15) is 0 Å². The first-order chi connectivity index (χ1) is 11.5. The van der Waals surface area contributed by atoms with Crippen molar-refractivity contribution in [3.63, 3.8) is 0 Å². The summed E-state index contributed by atoms with van der Waals surface area (Å²) in [5.41, 5.74) is 2.39. The van der Waals surface area contributed by atoms with Gasteiger partial charge in [0.1, 0.15) is 6.54 Å². The summed E-state index contributed by atoms with van der Waals surface area (Å²) in [7, 11) is 0. The fourth-order valence-electron chi connectivity index (χ4n) is 2.40. The summed E-state index contributed by atoms with van der Waals surface area (Å²) >= 11 is 2.18. The zero-order valence-electron chi connectivity index (χ0n) is 13.9. The normalized spacial score (nSPS) is 10.3. The molecule has 0 unspecified atom stereocenters. The molecule has 0 bridgehead atoms. The van der Waals surface area contributed by atoms with Crippen molar-refractivity contribution >= 4 is 40.1 Å². The van der Waals surface area contributed by atoms with E-state index in [2.05, 4.69) is 27.9 Å². The van der Waals surface area contributed by atoms with E-state index < -0.39 is 0 Å². The number of para-hydroxylation sites is 1. The van der Waals surface area contributed by atoms with E-state index in [0.29, 0.717) is 12.1 Å². The minimum absolute atomic E-state index is 0.0481. The first-order valence-corrected chi connectivity index (χ1v) is 8.99. The molecule has 24 heavy (non-hydrogen) atoms. The molecule has 2 aromatic rings. The highest BCUT2D eigenvalue weighted by atomic mass is 127. The van der Waals surface area contributed by atoms with Crippen molar-refractivity contribution < 1.29 is 9.59 Å². The van der Waals surface area contributed by atoms with Crippen molar-refractivity contribution in [2.75, 3.05) is 18.4 Å². The number of amides is 2. The minimum Gasteiger partial charge on any atom is -0.329 e. The van der Waals surface area contributed by atoms with Gasteiger partial charge >= 0.3 is 0 Å². The van der Waals surface area contributed by atoms with E-state index in [1.165, 1.54) is 0 Å². The Morgan fingerprint density at radius 1 is 1.12 bits per heavy atom. The largest absolute Gasteiger partial charge is 0.329 e. The number of nitrogens with zero attached hydrogens (tertiary/aromatic N) is 1. The van der Waals surface area contributed by atoms with Crippen molar-refractivity contribution in [3.05, 3.63) is 63.2 Å². The zero-order chi connectivity index (χ0) is 17.5. The molecule has 0 atom stereocenters. The van der Waals surface area contributed by atoms with E-state index in [1.54, 1.807) is 11.0 Å². The smallest absolute Gasteiger partial charge is 0.254 e. The lowest BCUT2D eigenvalue weighted by molar-refractivity contribution is -0.116. The number of carbonyl (C=O) groups is 2. The van der Waals surface area contributed by atoms with Gasteiger partial charge in [-0.15, -0.1) is 0 Å². The molecule has 126 valence electrons. The number of hydrogen-bond donors (Lipinski definition) is 1. The van der Waals surface area contributed by atoms with Gasteiger partial charge < -0.3 is 10.2 Å². The van der Waals surface area contributed by atoms with Crippen LogP contribution in [0.2, 0.25) is 0 Å². The summed E-state index contributed by atoms with van der Waals surface area (Å²) in [5.74, 6) is -0.299. The van der Waals surface area contributed by atoms with Crippen molar-refractivity contribution in [2.45, 2.75) is 20.3 Å². The van der Waals surface area contributed by atoms with E-state index in [4.69, 9.17) is 0 Å². The molecule has 0 aromatic heterocycles. The number of carbonyl (C=O) groups excluding carboxylic acids is 2. The van der Waals surface area contributed by atoms with E-state index >= 15 is 0 Å². The van der Waals surface area contributed by atoms with Gasteiger partial charge in [0, 0.05) is 21.4 Å². The van der Waals surface area contributed by atoms with Crippen LogP contribution < -0.4 is 5.32 Å². The average molecular weight is 436 g/mol. The van der Waals surface area contributed by atoms with Gasteiger partial charge in [-0.05, 0) is 65.8 Å². The Balaban J connectivity index is 2.09. The average Bonchev–Trinajstić information content (AvgIpc) is 2.56. The maximum Gasteiger partial charge on any atom is 0.254 e. The summed E-state index contributed by atoms with van der Waals surface area (Å²) < 4.78 is 0.999. The van der Waals surface area contributed by atoms with Crippen molar-refractivity contribution in [3.8, 4) is 0 Å². The van der Waals surface area contributed by atoms with Gasteiger partial charge in [-0.1, -0.05) is 31.2 Å². The summed E-state index contributed by atoms with van der Waals surface area (Å²) in [6.45, 7) is 4.53. The lowest BCUT2D eigenvalue weighted by Crippen LogP contribution is -2.38. The van der Waals surface area contributed by atoms with Gasteiger partial charge in [-0.3, -0.25) is 9.59 Å². The van der Waals surface area contributed by atoms with Crippen LogP contribution >= 0.6 is 22.6 Å². The highest BCUT2D eigenvalue weighted by molar-refractivity contribution is 14.1. The van der Waals surface area contributed by atoms with Crippen LogP contribution in [0.3, 0.4) is 0 Å². The Morgan fingerprint density at radius 2 is 1.88 bits per heavy atom. The molecule has 0 aliphatic carbocycles. The van der Waals surface area contributed by atoms with E-state index in [9.17, 15) is 9.59 Å². The second-order valence-electron chi connectivity index (χ2n) is 5.60. The first-order valence-electron chi connectivity index (χ1n) is 7.91. The van der Waals surface area contributed by atoms with Crippen LogP contribution in [0, 0.1) is 10.5 Å². The Kier molecular flexibility index (Phi) is 6.78. The number of hydrogen-bond acceptors (Lipinski definition) is 2. The van der Waals surface area contributed by atoms with Crippen LogP contribution in [0.5, 0.6) is 0 Å². The van der Waals surface area contributed by atoms with Crippen LogP contribution in [-0.2, 0) is 4.79 Å². The number of benzene rings is 2. The molecule has 0 spiro atoms. The summed E-state index contributed by atoms with van der Waals surface area (Å²) in [5, 5.41) is 2.88. The fraction of sp³-hybridized carbons (Fsp3) is 0.263. The zero-order valence-corrected chi connectivity index (χ0v) is 16.0. The molecule has 2 amide bonds. The highest BCUT2D eigenvalue weighted by Gasteiger charge is 2.18. The third-order valence-corrected chi connectivity index (χ3v) is 4.28. The maximum atomic E-state index is 12.7. The lowest BCUT2D eigenvalue weighted by atomic mass is 10.2. The number of aryl methyl sites for hydroxylation is 1. The lowest BCUT2D eigenvalue weighted by Gasteiger charge is -2.22. The van der Waals surface area contributed by atoms with Gasteiger partial charge in [0.05, 0.1) is 0 Å². The molecule has 0 aliphatic rings. The summed E-state index contributed by atoms with van der Waals surface area (Å²) in [4.78, 5) is 26.6. The second kappa shape index (κ2) is 8.82. The van der Waals surface area contributed by atoms with Gasteiger partial charge in [0.2, 0.25) is 5.91 Å². The molecular formula is C19H21IN2O2. The van der Waals surface area contributed by atoms with Crippen LogP contribution in [0.4, 0.5) is 5.69 Å². The van der Waals surface area contributed by atoms with E-state index in [0.717, 1.165) is 21.2 Å². The van der Waals surface area contributed by atoms with E-state index in [-0.39, 0.29) is 18.4 Å². The topological polar surface area (TPSA) is 49.4 Å². The molecule has 0 saturated carbocycles. The predicted octanol–water partition coefficient (Wildman–Crippen LogP) is 4.09. The molecule has 0 radical (unpaired) electrons. The van der Waals surface area contributed by atoms with Gasteiger partial charge in [0.25, 0.3) is 5.91 Å². The van der Waals surface area contributed by atoms with Crippen LogP contribution in [0.15, 0.2) is 48.5 Å². The Labute approximate surface area is 156 Å². The molecular weight excluding hydrogens is 415 g/mol. The Morgan fingerprint density at radius 3 is 2.54 bits per heavy atom. The maximum absolute atomic E-state index is 12.7. The van der Waals surface area contributed by atoms with Crippen molar-refractivity contribution in [1.29, 1.82) is 0 Å². The molecule has 4 nitrogen and oxygen atoms in total. The first kappa shape index (κ1) is 18.4. The van der Waals surface area contributed by atoms with Crippen molar-refractivity contribution in [1.82, 2.24) is 4.90 Å². The monoisotopic (exact) mass is 436 g/mol. The molecule has 1 N–H and O–H groups in total. The quantitative estimate of drug-likeness (QED) is 0.694. The highest BCUT2D eigenvalue weighted by Crippen LogP contribution is 2.14. The molecule has 2 aromatic carbocycles. The summed E-state index contributed by atoms with van der Waals surface area (Å²) in [6.07, 6.45) is 0.799. The SMILES string of the molecule is CCCN(CC(=O)Nc1ccccc1C)C(=O)c1cccc(I)c1. The number of rotatable bonds is 6. The third-order valence-electron chi connectivity index (χ3n) is 3.61. The number of halogens is 1. The van der Waals surface area contributed by atoms with Crippen LogP contribution in [-0.4, -0.2) is 29.8 Å². The molecule has 0 saturated heterocycles. The second-order valence-corrected chi connectivity index (χ2v) is 6.85.